The standard InChI is InChI=1S/3C6H10O3.Ti/c3*1-3-9-6(8)4-5(2)7;/h3*3-4H2,1-2H3;. The molecule has 0 aliphatic rings. The van der Waals surface area contributed by atoms with Crippen LogP contribution >= 0.6 is 0 Å². The van der Waals surface area contributed by atoms with E-state index >= 15 is 0 Å². The Labute approximate surface area is 180 Å². The third-order valence-electron chi connectivity index (χ3n) is 2.10. The fourth-order valence-corrected chi connectivity index (χ4v) is 1.25. The van der Waals surface area contributed by atoms with Crippen molar-refractivity contribution in [2.45, 2.75) is 60.8 Å². The largest absolute Gasteiger partial charge is 0.466 e. The van der Waals surface area contributed by atoms with Gasteiger partial charge in [0.1, 0.15) is 36.6 Å². The van der Waals surface area contributed by atoms with Crippen molar-refractivity contribution in [1.82, 2.24) is 0 Å². The van der Waals surface area contributed by atoms with Gasteiger partial charge in [-0.1, -0.05) is 0 Å². The first-order valence-corrected chi connectivity index (χ1v) is 8.45. The molecule has 0 amide bonds. The minimum Gasteiger partial charge on any atom is -0.466 e. The van der Waals surface area contributed by atoms with Gasteiger partial charge in [-0.05, 0) is 41.5 Å². The van der Waals surface area contributed by atoms with Crippen molar-refractivity contribution < 1.29 is 64.7 Å². The van der Waals surface area contributed by atoms with Gasteiger partial charge < -0.3 is 14.2 Å². The van der Waals surface area contributed by atoms with Gasteiger partial charge in [0.2, 0.25) is 0 Å². The van der Waals surface area contributed by atoms with E-state index < -0.39 is 17.9 Å². The van der Waals surface area contributed by atoms with Gasteiger partial charge in [0.15, 0.2) is 0 Å². The van der Waals surface area contributed by atoms with Gasteiger partial charge in [-0.2, -0.15) is 0 Å². The Bertz CT molecular complexity index is 430. The fraction of sp³-hybridized carbons (Fsp3) is 0.667. The van der Waals surface area contributed by atoms with E-state index in [1.807, 2.05) is 0 Å². The Hall–Kier alpha value is -1.87. The van der Waals surface area contributed by atoms with Gasteiger partial charge in [0.25, 0.3) is 0 Å². The molecular formula is C18H30O9Ti. The summed E-state index contributed by atoms with van der Waals surface area (Å²) >= 11 is 0. The molecule has 0 saturated heterocycles. The van der Waals surface area contributed by atoms with E-state index in [2.05, 4.69) is 14.2 Å². The van der Waals surface area contributed by atoms with Gasteiger partial charge in [-0.15, -0.1) is 0 Å². The van der Waals surface area contributed by atoms with E-state index in [1.54, 1.807) is 20.8 Å². The normalized spacial score (nSPS) is 8.36. The molecule has 10 heteroatoms. The summed E-state index contributed by atoms with van der Waals surface area (Å²) in [4.78, 5) is 61.9. The van der Waals surface area contributed by atoms with Crippen LogP contribution in [0.4, 0.5) is 0 Å². The van der Waals surface area contributed by atoms with Crippen LogP contribution in [0.25, 0.3) is 0 Å². The molecule has 0 aromatic rings. The zero-order chi connectivity index (χ0) is 21.8. The molecule has 0 N–H and O–H groups in total. The molecule has 0 saturated carbocycles. The van der Waals surface area contributed by atoms with Crippen molar-refractivity contribution in [3.8, 4) is 0 Å². The number of ether oxygens (including phenoxy) is 3. The summed E-state index contributed by atoms with van der Waals surface area (Å²) in [6, 6.07) is 0. The van der Waals surface area contributed by atoms with E-state index in [1.165, 1.54) is 20.8 Å². The monoisotopic (exact) mass is 438 g/mol. The molecule has 0 aromatic carbocycles. The Morgan fingerprint density at radius 2 is 0.679 bits per heavy atom. The molecule has 0 radical (unpaired) electrons. The van der Waals surface area contributed by atoms with Gasteiger partial charge in [0.05, 0.1) is 19.8 Å². The van der Waals surface area contributed by atoms with E-state index in [0.717, 1.165) is 0 Å². The van der Waals surface area contributed by atoms with Crippen LogP contribution in [0.15, 0.2) is 0 Å². The number of esters is 3. The molecule has 9 nitrogen and oxygen atoms in total. The number of rotatable bonds is 9. The first kappa shape index (κ1) is 33.7. The SMILES string of the molecule is CCOC(=O)CC(C)=O.CCOC(=O)CC(C)=O.CCOC(=O)CC(C)=O.[Ti]. The van der Waals surface area contributed by atoms with E-state index in [-0.39, 0.29) is 58.3 Å². The minimum atomic E-state index is -0.440. The van der Waals surface area contributed by atoms with E-state index in [4.69, 9.17) is 0 Å². The first-order valence-electron chi connectivity index (χ1n) is 8.45. The molecular weight excluding hydrogens is 408 g/mol. The number of hydrogen-bond donors (Lipinski definition) is 0. The molecule has 0 aliphatic carbocycles. The summed E-state index contributed by atoms with van der Waals surface area (Å²) in [5.74, 6) is -1.80. The number of carbonyl (C=O) groups excluding carboxylic acids is 6. The van der Waals surface area contributed by atoms with Crippen molar-refractivity contribution in [1.29, 1.82) is 0 Å². The number of hydrogen-bond acceptors (Lipinski definition) is 9. The van der Waals surface area contributed by atoms with Gasteiger partial charge in [0, 0.05) is 21.7 Å². The van der Waals surface area contributed by atoms with Gasteiger partial charge in [-0.3, -0.25) is 28.8 Å². The molecule has 0 aromatic heterocycles. The summed E-state index contributed by atoms with van der Waals surface area (Å²) in [5, 5.41) is 0. The van der Waals surface area contributed by atoms with Crippen LogP contribution in [0.3, 0.4) is 0 Å². The fourth-order valence-electron chi connectivity index (χ4n) is 1.25. The Kier molecular flexibility index (Phi) is 27.9. The maximum absolute atomic E-state index is 10.4. The van der Waals surface area contributed by atoms with Crippen LogP contribution in [-0.4, -0.2) is 55.1 Å². The molecule has 0 atom stereocenters. The number of carbonyl (C=O) groups is 6. The molecule has 0 aliphatic heterocycles. The molecule has 28 heavy (non-hydrogen) atoms. The van der Waals surface area contributed by atoms with Crippen LogP contribution in [0.2, 0.25) is 0 Å². The maximum Gasteiger partial charge on any atom is 0.313 e. The van der Waals surface area contributed by atoms with Crippen molar-refractivity contribution in [3.63, 3.8) is 0 Å². The molecule has 0 heterocycles. The van der Waals surface area contributed by atoms with Crippen LogP contribution in [0.1, 0.15) is 60.8 Å². The summed E-state index contributed by atoms with van der Waals surface area (Å²) in [6.45, 7) is 10.2. The zero-order valence-corrected chi connectivity index (χ0v) is 19.0. The van der Waals surface area contributed by atoms with Crippen molar-refractivity contribution in [3.05, 3.63) is 0 Å². The zero-order valence-electron chi connectivity index (χ0n) is 17.4. The van der Waals surface area contributed by atoms with E-state index in [9.17, 15) is 28.8 Å². The predicted octanol–water partition coefficient (Wildman–Crippen LogP) is 1.58. The van der Waals surface area contributed by atoms with Crippen LogP contribution in [0.5, 0.6) is 0 Å². The Morgan fingerprint density at radius 3 is 0.786 bits per heavy atom. The van der Waals surface area contributed by atoms with Crippen molar-refractivity contribution in [2.24, 2.45) is 0 Å². The molecule has 160 valence electrons. The van der Waals surface area contributed by atoms with Crippen LogP contribution < -0.4 is 0 Å². The second kappa shape index (κ2) is 23.2. The summed E-state index contributed by atoms with van der Waals surface area (Å²) in [6.07, 6.45) is -0.310. The first-order chi connectivity index (χ1) is 12.5. The second-order valence-corrected chi connectivity index (χ2v) is 5.05. The summed E-state index contributed by atoms with van der Waals surface area (Å²) in [7, 11) is 0. The maximum atomic E-state index is 10.4. The van der Waals surface area contributed by atoms with E-state index in [0.29, 0.717) is 19.8 Å². The topological polar surface area (TPSA) is 130 Å². The quantitative estimate of drug-likeness (QED) is 0.228. The smallest absolute Gasteiger partial charge is 0.313 e. The van der Waals surface area contributed by atoms with Crippen molar-refractivity contribution in [2.75, 3.05) is 19.8 Å². The third-order valence-corrected chi connectivity index (χ3v) is 2.10. The predicted molar refractivity (Wildman–Crippen MR) is 95.8 cm³/mol. The third kappa shape index (κ3) is 35.3. The van der Waals surface area contributed by atoms with Crippen molar-refractivity contribution >= 4 is 35.3 Å². The number of Topliss-reactive ketones (excluding diaryl/α,β-unsaturated/α-hetero) is 3. The van der Waals surface area contributed by atoms with Gasteiger partial charge >= 0.3 is 17.9 Å². The van der Waals surface area contributed by atoms with Crippen LogP contribution in [0, 0.1) is 0 Å². The van der Waals surface area contributed by atoms with Gasteiger partial charge in [-0.25, -0.2) is 0 Å². The van der Waals surface area contributed by atoms with Crippen LogP contribution in [-0.2, 0) is 64.7 Å². The number of ketones is 3. The second-order valence-electron chi connectivity index (χ2n) is 5.05. The minimum absolute atomic E-state index is 0. The molecule has 0 unspecified atom stereocenters. The Balaban J connectivity index is -0.000000152. The Morgan fingerprint density at radius 1 is 0.500 bits per heavy atom. The molecule has 0 spiro atoms. The molecule has 0 bridgehead atoms. The molecule has 0 fully saturated rings. The summed E-state index contributed by atoms with van der Waals surface area (Å²) in [5.41, 5.74) is 0. The summed E-state index contributed by atoms with van der Waals surface area (Å²) < 4.78 is 13.5. The average molecular weight is 438 g/mol. The average Bonchev–Trinajstić information content (AvgIpc) is 2.46. The molecule has 0 rings (SSSR count).